The lowest BCUT2D eigenvalue weighted by molar-refractivity contribution is -0.146. The van der Waals surface area contributed by atoms with E-state index in [1.54, 1.807) is 0 Å². The summed E-state index contributed by atoms with van der Waals surface area (Å²) in [5.41, 5.74) is 0.800. The lowest BCUT2D eigenvalue weighted by Gasteiger charge is -2.07. The fourth-order valence-corrected chi connectivity index (χ4v) is 2.37. The number of aliphatic hydroxyl groups excluding tert-OH is 1. The van der Waals surface area contributed by atoms with E-state index in [-0.39, 0.29) is 13.0 Å². The minimum atomic E-state index is -1.47. The van der Waals surface area contributed by atoms with Gasteiger partial charge in [-0.05, 0) is 12.1 Å². The number of carboxylic acid groups (broad SMARTS) is 1. The van der Waals surface area contributed by atoms with E-state index in [0.29, 0.717) is 5.13 Å². The summed E-state index contributed by atoms with van der Waals surface area (Å²) in [4.78, 5) is 26.2. The van der Waals surface area contributed by atoms with Crippen LogP contribution < -0.4 is 10.6 Å². The molecule has 4 N–H and O–H groups in total. The fourth-order valence-electron chi connectivity index (χ4n) is 1.51. The molecule has 0 radical (unpaired) electrons. The normalized spacial score (nSPS) is 12.1. The number of aliphatic hydroxyl groups is 1. The Bertz CT molecular complexity index is 595. The van der Waals surface area contributed by atoms with Crippen molar-refractivity contribution in [3.05, 3.63) is 24.3 Å². The highest BCUT2D eigenvalue weighted by molar-refractivity contribution is 7.22. The van der Waals surface area contributed by atoms with Gasteiger partial charge in [-0.25, -0.2) is 14.6 Å². The third kappa shape index (κ3) is 3.65. The molecule has 1 atom stereocenters. The number of rotatable bonds is 5. The zero-order valence-electron chi connectivity index (χ0n) is 10.4. The van der Waals surface area contributed by atoms with Gasteiger partial charge < -0.3 is 15.5 Å². The van der Waals surface area contributed by atoms with Crippen LogP contribution in [0.5, 0.6) is 0 Å². The molecule has 7 nitrogen and oxygen atoms in total. The zero-order valence-corrected chi connectivity index (χ0v) is 11.2. The average molecular weight is 295 g/mol. The molecule has 0 aliphatic rings. The maximum absolute atomic E-state index is 11.6. The molecule has 0 fully saturated rings. The Morgan fingerprint density at radius 1 is 1.35 bits per heavy atom. The van der Waals surface area contributed by atoms with Gasteiger partial charge >= 0.3 is 12.0 Å². The van der Waals surface area contributed by atoms with Gasteiger partial charge in [-0.15, -0.1) is 0 Å². The molecule has 2 rings (SSSR count). The van der Waals surface area contributed by atoms with Gasteiger partial charge in [0.1, 0.15) is 0 Å². The van der Waals surface area contributed by atoms with Crippen LogP contribution in [0.3, 0.4) is 0 Å². The third-order valence-corrected chi connectivity index (χ3v) is 3.45. The van der Waals surface area contributed by atoms with E-state index in [9.17, 15) is 9.59 Å². The number of amides is 2. The number of carbonyl (C=O) groups excluding carboxylic acids is 1. The Balaban J connectivity index is 1.84. The van der Waals surface area contributed by atoms with Crippen molar-refractivity contribution >= 4 is 38.7 Å². The van der Waals surface area contributed by atoms with E-state index >= 15 is 0 Å². The average Bonchev–Trinajstić information content (AvgIpc) is 2.80. The van der Waals surface area contributed by atoms with E-state index in [1.807, 2.05) is 24.3 Å². The van der Waals surface area contributed by atoms with Crippen LogP contribution in [-0.2, 0) is 4.79 Å². The smallest absolute Gasteiger partial charge is 0.332 e. The van der Waals surface area contributed by atoms with Gasteiger partial charge in [0.05, 0.1) is 10.2 Å². The molecular formula is C12H13N3O4S. The number of nitrogens with one attached hydrogen (secondary N) is 2. The maximum atomic E-state index is 11.6. The molecule has 0 aliphatic heterocycles. The number of aromatic nitrogens is 1. The zero-order chi connectivity index (χ0) is 14.5. The SMILES string of the molecule is O=C(NCC[C@H](O)C(=O)O)Nc1nc2ccccc2s1. The number of hydrogen-bond acceptors (Lipinski definition) is 5. The van der Waals surface area contributed by atoms with Crippen LogP contribution in [0.15, 0.2) is 24.3 Å². The summed E-state index contributed by atoms with van der Waals surface area (Å²) in [6.45, 7) is 0.0597. The van der Waals surface area contributed by atoms with Crippen LogP contribution >= 0.6 is 11.3 Å². The van der Waals surface area contributed by atoms with E-state index in [1.165, 1.54) is 11.3 Å². The summed E-state index contributed by atoms with van der Waals surface area (Å²) < 4.78 is 0.962. The van der Waals surface area contributed by atoms with Gasteiger partial charge in [-0.1, -0.05) is 23.5 Å². The summed E-state index contributed by atoms with van der Waals surface area (Å²) in [6.07, 6.45) is -1.53. The Labute approximate surface area is 118 Å². The lowest BCUT2D eigenvalue weighted by atomic mass is 10.2. The van der Waals surface area contributed by atoms with Gasteiger partial charge in [-0.3, -0.25) is 5.32 Å². The first-order valence-corrected chi connectivity index (χ1v) is 6.69. The highest BCUT2D eigenvalue weighted by Gasteiger charge is 2.13. The molecule has 0 unspecified atom stereocenters. The van der Waals surface area contributed by atoms with E-state index in [2.05, 4.69) is 15.6 Å². The van der Waals surface area contributed by atoms with Crippen molar-refractivity contribution in [2.45, 2.75) is 12.5 Å². The van der Waals surface area contributed by atoms with Crippen LogP contribution in [0, 0.1) is 0 Å². The molecule has 1 aromatic heterocycles. The van der Waals surface area contributed by atoms with E-state index < -0.39 is 18.1 Å². The fraction of sp³-hybridized carbons (Fsp3) is 0.250. The molecule has 0 aliphatic carbocycles. The summed E-state index contributed by atoms with van der Waals surface area (Å²) in [7, 11) is 0. The molecule has 0 spiro atoms. The monoisotopic (exact) mass is 295 g/mol. The van der Waals surface area contributed by atoms with Crippen LogP contribution in [0.25, 0.3) is 10.2 Å². The topological polar surface area (TPSA) is 112 Å². The Hall–Kier alpha value is -2.19. The number of carbonyl (C=O) groups is 2. The van der Waals surface area contributed by atoms with Crippen LogP contribution in [0.1, 0.15) is 6.42 Å². The first kappa shape index (κ1) is 14.2. The molecule has 106 valence electrons. The summed E-state index contributed by atoms with van der Waals surface area (Å²) in [6, 6.07) is 7.01. The number of thiazole rings is 1. The third-order valence-electron chi connectivity index (χ3n) is 2.50. The molecule has 2 amide bonds. The molecule has 1 heterocycles. The molecule has 0 bridgehead atoms. The second-order valence-electron chi connectivity index (χ2n) is 4.01. The van der Waals surface area contributed by atoms with Crippen LogP contribution in [0.4, 0.5) is 9.93 Å². The van der Waals surface area contributed by atoms with Gasteiger partial charge in [-0.2, -0.15) is 0 Å². The van der Waals surface area contributed by atoms with Crippen molar-refractivity contribution in [1.82, 2.24) is 10.3 Å². The van der Waals surface area contributed by atoms with Crippen molar-refractivity contribution < 1.29 is 19.8 Å². The molecule has 8 heteroatoms. The highest BCUT2D eigenvalue weighted by atomic mass is 32.1. The van der Waals surface area contributed by atoms with Gasteiger partial charge in [0.2, 0.25) is 0 Å². The molecule has 0 saturated carbocycles. The number of nitrogens with zero attached hydrogens (tertiary/aromatic N) is 1. The molecule has 1 aromatic carbocycles. The van der Waals surface area contributed by atoms with Crippen molar-refractivity contribution in [1.29, 1.82) is 0 Å². The first-order valence-electron chi connectivity index (χ1n) is 5.87. The van der Waals surface area contributed by atoms with Crippen LogP contribution in [-0.4, -0.2) is 39.8 Å². The predicted octanol–water partition coefficient (Wildman–Crippen LogP) is 1.25. The number of carboxylic acids is 1. The second-order valence-corrected chi connectivity index (χ2v) is 5.04. The molecule has 0 saturated heterocycles. The number of aliphatic carboxylic acids is 1. The minimum Gasteiger partial charge on any atom is -0.479 e. The van der Waals surface area contributed by atoms with E-state index in [4.69, 9.17) is 10.2 Å². The van der Waals surface area contributed by atoms with Gasteiger partial charge in [0, 0.05) is 13.0 Å². The Kier molecular flexibility index (Phi) is 4.49. The Morgan fingerprint density at radius 3 is 2.80 bits per heavy atom. The molecular weight excluding hydrogens is 282 g/mol. The number of para-hydroxylation sites is 1. The van der Waals surface area contributed by atoms with Crippen molar-refractivity contribution in [2.24, 2.45) is 0 Å². The number of hydrogen-bond donors (Lipinski definition) is 4. The number of urea groups is 1. The molecule has 20 heavy (non-hydrogen) atoms. The number of anilines is 1. The Morgan fingerprint density at radius 2 is 2.10 bits per heavy atom. The standard InChI is InChI=1S/C12H13N3O4S/c16-8(10(17)18)5-6-13-11(19)15-12-14-7-3-1-2-4-9(7)20-12/h1-4,8,16H,5-6H2,(H,17,18)(H2,13,14,15,19)/t8-/m0/s1. The highest BCUT2D eigenvalue weighted by Crippen LogP contribution is 2.25. The lowest BCUT2D eigenvalue weighted by Crippen LogP contribution is -2.33. The van der Waals surface area contributed by atoms with Gasteiger partial charge in [0.15, 0.2) is 11.2 Å². The second kappa shape index (κ2) is 6.31. The summed E-state index contributed by atoms with van der Waals surface area (Å²) >= 11 is 1.34. The largest absolute Gasteiger partial charge is 0.479 e. The minimum absolute atomic E-state index is 0.0530. The van der Waals surface area contributed by atoms with E-state index in [0.717, 1.165) is 10.2 Å². The number of benzene rings is 1. The van der Waals surface area contributed by atoms with Crippen molar-refractivity contribution in [3.8, 4) is 0 Å². The van der Waals surface area contributed by atoms with Crippen molar-refractivity contribution in [2.75, 3.05) is 11.9 Å². The quantitative estimate of drug-likeness (QED) is 0.663. The molecule has 2 aromatic rings. The summed E-state index contributed by atoms with van der Waals surface area (Å²) in [5, 5.41) is 23.0. The predicted molar refractivity (Wildman–Crippen MR) is 74.9 cm³/mol. The van der Waals surface area contributed by atoms with Crippen molar-refractivity contribution in [3.63, 3.8) is 0 Å². The first-order chi connectivity index (χ1) is 9.56. The van der Waals surface area contributed by atoms with Crippen LogP contribution in [0.2, 0.25) is 0 Å². The maximum Gasteiger partial charge on any atom is 0.332 e. The number of fused-ring (bicyclic) bond motifs is 1. The van der Waals surface area contributed by atoms with Gasteiger partial charge in [0.25, 0.3) is 0 Å². The summed E-state index contributed by atoms with van der Waals surface area (Å²) in [5.74, 6) is -1.31.